The maximum Gasteiger partial charge on any atom is 0.416 e. The minimum absolute atomic E-state index is 0.133. The fraction of sp³-hybridized carbons (Fsp3) is 0.227. The molecule has 0 radical (unpaired) electrons. The van der Waals surface area contributed by atoms with Gasteiger partial charge in [0, 0.05) is 17.3 Å². The molecule has 0 bridgehead atoms. The molecule has 6 nitrogen and oxygen atoms in total. The van der Waals surface area contributed by atoms with E-state index in [1.165, 1.54) is 25.3 Å². The Hall–Kier alpha value is -3.62. The first kappa shape index (κ1) is 22.1. The zero-order valence-corrected chi connectivity index (χ0v) is 17.1. The van der Waals surface area contributed by atoms with Crippen molar-refractivity contribution in [2.75, 3.05) is 19.0 Å². The van der Waals surface area contributed by atoms with Crippen LogP contribution in [0, 0.1) is 13.8 Å². The Bertz CT molecular complexity index is 1080. The second-order valence-corrected chi connectivity index (χ2v) is 6.79. The summed E-state index contributed by atoms with van der Waals surface area (Å²) in [7, 11) is 1.50. The Balaban J connectivity index is 1.71. The summed E-state index contributed by atoms with van der Waals surface area (Å²) in [5, 5.41) is 2.71. The van der Waals surface area contributed by atoms with Gasteiger partial charge in [-0.2, -0.15) is 18.2 Å². The van der Waals surface area contributed by atoms with Crippen molar-refractivity contribution in [3.63, 3.8) is 0 Å². The molecule has 3 rings (SSSR count). The van der Waals surface area contributed by atoms with Crippen LogP contribution in [0.4, 0.5) is 18.9 Å². The van der Waals surface area contributed by atoms with Crippen molar-refractivity contribution >= 4 is 11.6 Å². The Morgan fingerprint density at radius 1 is 1.03 bits per heavy atom. The summed E-state index contributed by atoms with van der Waals surface area (Å²) in [6.45, 7) is 3.26. The SMILES string of the molecule is COc1ccc(C)cc1NC(=O)COc1cc(C)nc(-c2ccc(C(F)(F)F)cc2)n1. The first-order valence-electron chi connectivity index (χ1n) is 9.26. The van der Waals surface area contributed by atoms with Gasteiger partial charge in [-0.05, 0) is 43.7 Å². The van der Waals surface area contributed by atoms with E-state index in [0.29, 0.717) is 22.7 Å². The summed E-state index contributed by atoms with van der Waals surface area (Å²) >= 11 is 0. The number of anilines is 1. The smallest absolute Gasteiger partial charge is 0.416 e. The minimum Gasteiger partial charge on any atom is -0.495 e. The number of rotatable bonds is 6. The third-order valence-electron chi connectivity index (χ3n) is 4.28. The lowest BCUT2D eigenvalue weighted by atomic mass is 10.1. The standard InChI is InChI=1S/C22H20F3N3O3/c1-13-4-9-18(30-3)17(10-13)27-19(29)12-31-20-11-14(2)26-21(28-20)15-5-7-16(8-6-15)22(23,24)25/h4-11H,12H2,1-3H3,(H,27,29). The highest BCUT2D eigenvalue weighted by Gasteiger charge is 2.30. The summed E-state index contributed by atoms with van der Waals surface area (Å²) in [4.78, 5) is 20.7. The lowest BCUT2D eigenvalue weighted by Crippen LogP contribution is -2.21. The number of alkyl halides is 3. The summed E-state index contributed by atoms with van der Waals surface area (Å²) in [5.41, 5.74) is 1.64. The molecule has 1 N–H and O–H groups in total. The number of nitrogens with zero attached hydrogens (tertiary/aromatic N) is 2. The highest BCUT2D eigenvalue weighted by Crippen LogP contribution is 2.30. The fourth-order valence-corrected chi connectivity index (χ4v) is 2.80. The minimum atomic E-state index is -4.42. The second kappa shape index (κ2) is 9.03. The van der Waals surface area contributed by atoms with Crippen molar-refractivity contribution in [3.05, 3.63) is 65.4 Å². The number of ether oxygens (including phenoxy) is 2. The lowest BCUT2D eigenvalue weighted by molar-refractivity contribution is -0.137. The predicted octanol–water partition coefficient (Wildman–Crippen LogP) is 4.81. The number of hydrogen-bond donors (Lipinski definition) is 1. The van der Waals surface area contributed by atoms with Crippen LogP contribution < -0.4 is 14.8 Å². The molecule has 0 atom stereocenters. The molecule has 1 aromatic heterocycles. The second-order valence-electron chi connectivity index (χ2n) is 6.79. The van der Waals surface area contributed by atoms with Crippen molar-refractivity contribution in [2.24, 2.45) is 0 Å². The summed E-state index contributed by atoms with van der Waals surface area (Å²) in [5.74, 6) is 0.427. The molecule has 0 spiro atoms. The van der Waals surface area contributed by atoms with E-state index in [0.717, 1.165) is 17.7 Å². The first-order valence-corrected chi connectivity index (χ1v) is 9.26. The van der Waals surface area contributed by atoms with E-state index in [9.17, 15) is 18.0 Å². The predicted molar refractivity (Wildman–Crippen MR) is 109 cm³/mol. The quantitative estimate of drug-likeness (QED) is 0.607. The first-order chi connectivity index (χ1) is 14.7. The molecule has 3 aromatic rings. The van der Waals surface area contributed by atoms with Gasteiger partial charge in [-0.1, -0.05) is 18.2 Å². The van der Waals surface area contributed by atoms with E-state index in [1.54, 1.807) is 19.1 Å². The zero-order valence-electron chi connectivity index (χ0n) is 17.1. The molecule has 1 amide bonds. The normalized spacial score (nSPS) is 11.2. The molecule has 0 aliphatic heterocycles. The molecule has 2 aromatic carbocycles. The maximum atomic E-state index is 12.8. The number of halogens is 3. The molecule has 31 heavy (non-hydrogen) atoms. The van der Waals surface area contributed by atoms with E-state index in [1.807, 2.05) is 13.0 Å². The highest BCUT2D eigenvalue weighted by atomic mass is 19.4. The lowest BCUT2D eigenvalue weighted by Gasteiger charge is -2.12. The molecule has 0 saturated carbocycles. The van der Waals surface area contributed by atoms with Gasteiger partial charge in [-0.3, -0.25) is 4.79 Å². The molecule has 0 aliphatic rings. The van der Waals surface area contributed by atoms with Crippen molar-refractivity contribution in [3.8, 4) is 23.0 Å². The number of benzene rings is 2. The Morgan fingerprint density at radius 3 is 2.39 bits per heavy atom. The third kappa shape index (κ3) is 5.71. The highest BCUT2D eigenvalue weighted by molar-refractivity contribution is 5.93. The van der Waals surface area contributed by atoms with Crippen molar-refractivity contribution < 1.29 is 27.4 Å². The van der Waals surface area contributed by atoms with Crippen LogP contribution in [-0.2, 0) is 11.0 Å². The van der Waals surface area contributed by atoms with E-state index < -0.39 is 17.6 Å². The van der Waals surface area contributed by atoms with Gasteiger partial charge in [-0.15, -0.1) is 0 Å². The monoisotopic (exact) mass is 431 g/mol. The molecule has 9 heteroatoms. The van der Waals surface area contributed by atoms with Crippen LogP contribution in [0.1, 0.15) is 16.8 Å². The van der Waals surface area contributed by atoms with Crippen molar-refractivity contribution in [1.29, 1.82) is 0 Å². The van der Waals surface area contributed by atoms with Gasteiger partial charge in [0.2, 0.25) is 5.88 Å². The molecule has 0 aliphatic carbocycles. The zero-order chi connectivity index (χ0) is 22.6. The number of carbonyl (C=O) groups excluding carboxylic acids is 1. The number of amides is 1. The topological polar surface area (TPSA) is 73.3 Å². The Labute approximate surface area is 177 Å². The molecule has 0 fully saturated rings. The van der Waals surface area contributed by atoms with E-state index in [4.69, 9.17) is 9.47 Å². The van der Waals surface area contributed by atoms with Gasteiger partial charge in [0.25, 0.3) is 5.91 Å². The summed E-state index contributed by atoms with van der Waals surface area (Å²) in [6, 6.07) is 11.4. The van der Waals surface area contributed by atoms with Crippen LogP contribution in [0.25, 0.3) is 11.4 Å². The van der Waals surface area contributed by atoms with Crippen molar-refractivity contribution in [2.45, 2.75) is 20.0 Å². The molecular weight excluding hydrogens is 411 g/mol. The van der Waals surface area contributed by atoms with Gasteiger partial charge in [-0.25, -0.2) is 4.98 Å². The van der Waals surface area contributed by atoms with Crippen LogP contribution >= 0.6 is 0 Å². The van der Waals surface area contributed by atoms with Crippen LogP contribution in [0.3, 0.4) is 0 Å². The van der Waals surface area contributed by atoms with Crippen LogP contribution in [0.5, 0.6) is 11.6 Å². The van der Waals surface area contributed by atoms with Crippen LogP contribution in [0.2, 0.25) is 0 Å². The average molecular weight is 431 g/mol. The van der Waals surface area contributed by atoms with E-state index >= 15 is 0 Å². The number of carbonyl (C=O) groups is 1. The Kier molecular flexibility index (Phi) is 6.43. The average Bonchev–Trinajstić information content (AvgIpc) is 2.71. The number of nitrogens with one attached hydrogen (secondary N) is 1. The largest absolute Gasteiger partial charge is 0.495 e. The molecule has 162 valence electrons. The maximum absolute atomic E-state index is 12.8. The van der Waals surface area contributed by atoms with Gasteiger partial charge < -0.3 is 14.8 Å². The number of methoxy groups -OCH3 is 1. The van der Waals surface area contributed by atoms with Gasteiger partial charge in [0.05, 0.1) is 18.4 Å². The van der Waals surface area contributed by atoms with E-state index in [2.05, 4.69) is 15.3 Å². The van der Waals surface area contributed by atoms with Crippen molar-refractivity contribution in [1.82, 2.24) is 9.97 Å². The molecular formula is C22H20F3N3O3. The molecule has 0 unspecified atom stereocenters. The molecule has 0 saturated heterocycles. The summed E-state index contributed by atoms with van der Waals surface area (Å²) in [6.07, 6.45) is -4.42. The third-order valence-corrected chi connectivity index (χ3v) is 4.28. The van der Waals surface area contributed by atoms with Gasteiger partial charge in [0.15, 0.2) is 12.4 Å². The van der Waals surface area contributed by atoms with Crippen LogP contribution in [0.15, 0.2) is 48.5 Å². The van der Waals surface area contributed by atoms with Crippen LogP contribution in [-0.4, -0.2) is 29.6 Å². The van der Waals surface area contributed by atoms with Gasteiger partial charge in [0.1, 0.15) is 5.75 Å². The van der Waals surface area contributed by atoms with E-state index in [-0.39, 0.29) is 18.3 Å². The number of aromatic nitrogens is 2. The Morgan fingerprint density at radius 2 is 1.74 bits per heavy atom. The summed E-state index contributed by atoms with van der Waals surface area (Å²) < 4.78 is 49.0. The number of hydrogen-bond acceptors (Lipinski definition) is 5. The number of aryl methyl sites for hydroxylation is 2. The molecule has 1 heterocycles. The van der Waals surface area contributed by atoms with Gasteiger partial charge >= 0.3 is 6.18 Å². The fourth-order valence-electron chi connectivity index (χ4n) is 2.80.